The molecule has 0 spiro atoms. The minimum absolute atomic E-state index is 0.205. The molecule has 1 heterocycles. The molecule has 1 rings (SSSR count). The van der Waals surface area contributed by atoms with Crippen molar-refractivity contribution in [2.75, 3.05) is 7.05 Å². The van der Waals surface area contributed by atoms with Gasteiger partial charge in [0, 0.05) is 36.7 Å². The van der Waals surface area contributed by atoms with Crippen molar-refractivity contribution in [3.63, 3.8) is 0 Å². The smallest absolute Gasteiger partial charge is 0.0276 e. The highest BCUT2D eigenvalue weighted by molar-refractivity contribution is 5.87. The van der Waals surface area contributed by atoms with E-state index in [0.717, 1.165) is 12.8 Å². The fourth-order valence-corrected chi connectivity index (χ4v) is 2.79. The van der Waals surface area contributed by atoms with Crippen LogP contribution in [0, 0.1) is 0 Å². The third-order valence-corrected chi connectivity index (χ3v) is 3.00. The quantitative estimate of drug-likeness (QED) is 0.721. The minimum atomic E-state index is 0.205. The van der Waals surface area contributed by atoms with Crippen molar-refractivity contribution in [1.82, 2.24) is 5.32 Å². The molecule has 2 nitrogen and oxygen atoms in total. The molecule has 1 N–H and O–H groups in total. The second-order valence-electron chi connectivity index (χ2n) is 5.46. The molecule has 1 aliphatic rings. The summed E-state index contributed by atoms with van der Waals surface area (Å²) in [7, 11) is 1.92. The number of rotatable bonds is 2. The standard InChI is InChI=1S/C12H24N2/c1-6-7-12(4)9-10(13-5)8-11(2,3)14-12/h14H,6-9H2,1-5H3. The summed E-state index contributed by atoms with van der Waals surface area (Å²) < 4.78 is 0. The topological polar surface area (TPSA) is 24.4 Å². The monoisotopic (exact) mass is 196 g/mol. The first kappa shape index (κ1) is 11.7. The molecular weight excluding hydrogens is 172 g/mol. The normalized spacial score (nSPS) is 34.8. The van der Waals surface area contributed by atoms with Crippen LogP contribution in [0.1, 0.15) is 53.4 Å². The molecule has 0 aromatic heterocycles. The van der Waals surface area contributed by atoms with Crippen molar-refractivity contribution in [2.45, 2.75) is 64.5 Å². The Bertz CT molecular complexity index is 230. The minimum Gasteiger partial charge on any atom is -0.306 e. The Morgan fingerprint density at radius 1 is 1.29 bits per heavy atom. The number of hydrogen-bond acceptors (Lipinski definition) is 2. The molecule has 0 bridgehead atoms. The number of nitrogens with one attached hydrogen (secondary N) is 1. The SMILES string of the molecule is CCCC1(C)CC(=NC)CC(C)(C)N1. The van der Waals surface area contributed by atoms with Crippen LogP contribution < -0.4 is 5.32 Å². The zero-order chi connectivity index (χ0) is 10.8. The van der Waals surface area contributed by atoms with E-state index in [4.69, 9.17) is 0 Å². The number of aliphatic imine (C=N–C) groups is 1. The second-order valence-corrected chi connectivity index (χ2v) is 5.46. The molecule has 14 heavy (non-hydrogen) atoms. The van der Waals surface area contributed by atoms with Crippen LogP contribution >= 0.6 is 0 Å². The number of hydrogen-bond donors (Lipinski definition) is 1. The maximum Gasteiger partial charge on any atom is 0.0276 e. The van der Waals surface area contributed by atoms with Crippen LogP contribution in [-0.2, 0) is 0 Å². The molecule has 1 atom stereocenters. The summed E-state index contributed by atoms with van der Waals surface area (Å²) in [6, 6.07) is 0. The molecule has 1 saturated heterocycles. The maximum absolute atomic E-state index is 4.40. The largest absolute Gasteiger partial charge is 0.306 e. The van der Waals surface area contributed by atoms with Gasteiger partial charge in [-0.05, 0) is 27.2 Å². The van der Waals surface area contributed by atoms with Gasteiger partial charge in [-0.15, -0.1) is 0 Å². The Hall–Kier alpha value is -0.370. The third-order valence-electron chi connectivity index (χ3n) is 3.00. The van der Waals surface area contributed by atoms with E-state index in [-0.39, 0.29) is 11.1 Å². The van der Waals surface area contributed by atoms with E-state index in [9.17, 15) is 0 Å². The summed E-state index contributed by atoms with van der Waals surface area (Å²) in [4.78, 5) is 4.40. The van der Waals surface area contributed by atoms with Crippen molar-refractivity contribution in [1.29, 1.82) is 0 Å². The average molecular weight is 196 g/mol. The molecule has 0 aromatic carbocycles. The van der Waals surface area contributed by atoms with Crippen LogP contribution in [0.3, 0.4) is 0 Å². The van der Waals surface area contributed by atoms with Crippen LogP contribution in [0.25, 0.3) is 0 Å². The van der Waals surface area contributed by atoms with E-state index < -0.39 is 0 Å². The molecule has 0 aliphatic carbocycles. The molecule has 0 aromatic rings. The van der Waals surface area contributed by atoms with Gasteiger partial charge in [0.25, 0.3) is 0 Å². The lowest BCUT2D eigenvalue weighted by molar-refractivity contribution is 0.220. The van der Waals surface area contributed by atoms with Crippen molar-refractivity contribution >= 4 is 5.71 Å². The van der Waals surface area contributed by atoms with Crippen LogP contribution in [0.5, 0.6) is 0 Å². The lowest BCUT2D eigenvalue weighted by Crippen LogP contribution is -2.59. The summed E-state index contributed by atoms with van der Waals surface area (Å²) in [5.41, 5.74) is 1.83. The van der Waals surface area contributed by atoms with Crippen molar-refractivity contribution in [3.05, 3.63) is 0 Å². The fraction of sp³-hybridized carbons (Fsp3) is 0.917. The van der Waals surface area contributed by atoms with Gasteiger partial charge in [0.15, 0.2) is 0 Å². The number of piperidine rings is 1. The van der Waals surface area contributed by atoms with Crippen LogP contribution in [0.15, 0.2) is 4.99 Å². The van der Waals surface area contributed by atoms with Gasteiger partial charge in [-0.2, -0.15) is 0 Å². The second kappa shape index (κ2) is 4.01. The van der Waals surface area contributed by atoms with Crippen LogP contribution in [0.4, 0.5) is 0 Å². The van der Waals surface area contributed by atoms with Gasteiger partial charge in [0.2, 0.25) is 0 Å². The summed E-state index contributed by atoms with van der Waals surface area (Å²) >= 11 is 0. The first-order valence-electron chi connectivity index (χ1n) is 5.65. The lowest BCUT2D eigenvalue weighted by Gasteiger charge is -2.45. The van der Waals surface area contributed by atoms with Gasteiger partial charge in [0.05, 0.1) is 0 Å². The zero-order valence-electron chi connectivity index (χ0n) is 10.3. The molecule has 1 unspecified atom stereocenters. The summed E-state index contributed by atoms with van der Waals surface area (Å²) in [5.74, 6) is 0. The van der Waals surface area contributed by atoms with Crippen molar-refractivity contribution in [2.24, 2.45) is 4.99 Å². The lowest BCUT2D eigenvalue weighted by atomic mass is 9.78. The Morgan fingerprint density at radius 3 is 2.43 bits per heavy atom. The van der Waals surface area contributed by atoms with E-state index >= 15 is 0 Å². The Balaban J connectivity index is 2.80. The van der Waals surface area contributed by atoms with Crippen molar-refractivity contribution < 1.29 is 0 Å². The van der Waals surface area contributed by atoms with E-state index in [1.165, 1.54) is 18.6 Å². The third kappa shape index (κ3) is 2.81. The predicted molar refractivity (Wildman–Crippen MR) is 63.1 cm³/mol. The van der Waals surface area contributed by atoms with E-state index in [0.29, 0.717) is 0 Å². The molecular formula is C12H24N2. The average Bonchev–Trinajstić information content (AvgIpc) is 2.00. The van der Waals surface area contributed by atoms with Crippen molar-refractivity contribution in [3.8, 4) is 0 Å². The van der Waals surface area contributed by atoms with Crippen LogP contribution in [-0.4, -0.2) is 23.8 Å². The highest BCUT2D eigenvalue weighted by atomic mass is 15.1. The van der Waals surface area contributed by atoms with Crippen LogP contribution in [0.2, 0.25) is 0 Å². The van der Waals surface area contributed by atoms with Gasteiger partial charge >= 0.3 is 0 Å². The summed E-state index contributed by atoms with van der Waals surface area (Å²) in [6.45, 7) is 9.11. The van der Waals surface area contributed by atoms with E-state index in [2.05, 4.69) is 38.0 Å². The van der Waals surface area contributed by atoms with E-state index in [1.54, 1.807) is 0 Å². The molecule has 1 fully saturated rings. The summed E-state index contributed by atoms with van der Waals surface area (Å²) in [6.07, 6.45) is 4.66. The zero-order valence-corrected chi connectivity index (χ0v) is 10.3. The molecule has 2 heteroatoms. The first-order valence-corrected chi connectivity index (χ1v) is 5.65. The Kier molecular flexibility index (Phi) is 3.36. The Labute approximate surface area is 88.2 Å². The molecule has 0 saturated carbocycles. The highest BCUT2D eigenvalue weighted by Gasteiger charge is 2.37. The highest BCUT2D eigenvalue weighted by Crippen LogP contribution is 2.29. The predicted octanol–water partition coefficient (Wildman–Crippen LogP) is 2.78. The van der Waals surface area contributed by atoms with Gasteiger partial charge < -0.3 is 5.32 Å². The molecule has 82 valence electrons. The molecule has 1 aliphatic heterocycles. The number of nitrogens with zero attached hydrogens (tertiary/aromatic N) is 1. The van der Waals surface area contributed by atoms with Gasteiger partial charge in [0.1, 0.15) is 0 Å². The molecule has 0 radical (unpaired) electrons. The first-order chi connectivity index (χ1) is 6.41. The van der Waals surface area contributed by atoms with Gasteiger partial charge in [-0.1, -0.05) is 13.3 Å². The van der Waals surface area contributed by atoms with Gasteiger partial charge in [-0.25, -0.2) is 0 Å². The fourth-order valence-electron chi connectivity index (χ4n) is 2.79. The van der Waals surface area contributed by atoms with Gasteiger partial charge in [-0.3, -0.25) is 4.99 Å². The Morgan fingerprint density at radius 2 is 1.93 bits per heavy atom. The summed E-state index contributed by atoms with van der Waals surface area (Å²) in [5, 5.41) is 3.75. The van der Waals surface area contributed by atoms with E-state index in [1.807, 2.05) is 7.05 Å². The molecule has 0 amide bonds. The maximum atomic E-state index is 4.40.